The van der Waals surface area contributed by atoms with Crippen molar-refractivity contribution in [2.24, 2.45) is 57.2 Å². The molecule has 1 aromatic rings. The van der Waals surface area contributed by atoms with Crippen LogP contribution in [0.5, 0.6) is 11.5 Å². The van der Waals surface area contributed by atoms with E-state index in [1.54, 1.807) is 12.1 Å². The average molecular weight is 906 g/mol. The summed E-state index contributed by atoms with van der Waals surface area (Å²) in [6.07, 6.45) is 6.26. The maximum Gasteiger partial charge on any atom is 0.160 e. The van der Waals surface area contributed by atoms with Gasteiger partial charge in [0.2, 0.25) is 0 Å². The SMILES string of the molecule is CCNCC1=C[C@@]2(C)CC[C@@H]1[C@]1(O[C@H]3C[C@@]4(O)C5=CC(=O)[C@@H]6[C@H]7c8cc(O)cc(O)c8CC[C@]7(O)[C@@H](OCCCO)C[C@]6(C)[C@H]5[C@@]5(CCC[C@@H]5CO)C[C@]4(C)[C@H]3[C@]1(O)CCO)[C@@H](O)[C@H]2C. The Kier molecular flexibility index (Phi) is 10.9. The zero-order valence-corrected chi connectivity index (χ0v) is 39.1. The highest BCUT2D eigenvalue weighted by Gasteiger charge is 2.85. The Bertz CT molecular complexity index is 2160. The van der Waals surface area contributed by atoms with Gasteiger partial charge in [-0.2, -0.15) is 0 Å². The number of hydrogen-bond donors (Lipinski definition) is 10. The van der Waals surface area contributed by atoms with Gasteiger partial charge in [0.25, 0.3) is 0 Å². The van der Waals surface area contributed by atoms with Gasteiger partial charge in [-0.1, -0.05) is 52.7 Å². The number of nitrogens with one attached hydrogen (secondary N) is 1. The first-order chi connectivity index (χ1) is 30.7. The lowest BCUT2D eigenvalue weighted by Crippen LogP contribution is -2.73. The lowest BCUT2D eigenvalue weighted by Gasteiger charge is -2.70. The molecule has 2 bridgehead atoms. The average Bonchev–Trinajstić information content (AvgIpc) is 3.81. The summed E-state index contributed by atoms with van der Waals surface area (Å²) >= 11 is 0. The van der Waals surface area contributed by atoms with Crippen LogP contribution in [-0.2, 0) is 20.7 Å². The topological polar surface area (TPSA) is 230 Å². The van der Waals surface area contributed by atoms with E-state index in [2.05, 4.69) is 32.2 Å². The number of aliphatic hydroxyl groups is 7. The number of carbonyl (C=O) groups is 1. The van der Waals surface area contributed by atoms with Gasteiger partial charge in [-0.3, -0.25) is 4.79 Å². The van der Waals surface area contributed by atoms with Crippen molar-refractivity contribution in [3.8, 4) is 11.5 Å². The molecule has 1 heterocycles. The van der Waals surface area contributed by atoms with Crippen molar-refractivity contribution >= 4 is 5.78 Å². The van der Waals surface area contributed by atoms with Gasteiger partial charge in [0.1, 0.15) is 22.7 Å². The Labute approximate surface area is 383 Å². The van der Waals surface area contributed by atoms with Crippen LogP contribution < -0.4 is 5.32 Å². The van der Waals surface area contributed by atoms with Gasteiger partial charge < -0.3 is 60.7 Å². The summed E-state index contributed by atoms with van der Waals surface area (Å²) in [5, 5.41) is 112. The fourth-order valence-corrected chi connectivity index (χ4v) is 18.3. The van der Waals surface area contributed by atoms with Crippen LogP contribution in [0.1, 0.15) is 122 Å². The van der Waals surface area contributed by atoms with E-state index in [0.29, 0.717) is 61.8 Å². The molecule has 0 amide bonds. The number of phenols is 2. The van der Waals surface area contributed by atoms with Crippen molar-refractivity contribution < 1.29 is 60.2 Å². The third kappa shape index (κ3) is 5.71. The molecular weight excluding hydrogens is 831 g/mol. The summed E-state index contributed by atoms with van der Waals surface area (Å²) in [5.74, 6) is -4.55. The van der Waals surface area contributed by atoms with Gasteiger partial charge in [-0.15, -0.1) is 0 Å². The Morgan fingerprint density at radius 2 is 1.74 bits per heavy atom. The molecule has 10 aliphatic rings. The maximum atomic E-state index is 15.6. The van der Waals surface area contributed by atoms with Crippen LogP contribution in [0.15, 0.2) is 35.4 Å². The maximum absolute atomic E-state index is 15.6. The Hall–Kier alpha value is -2.43. The molecule has 0 aromatic heterocycles. The molecule has 13 nitrogen and oxygen atoms in total. The number of allylic oxidation sites excluding steroid dienone is 2. The molecule has 1 aliphatic heterocycles. The summed E-state index contributed by atoms with van der Waals surface area (Å²) < 4.78 is 14.1. The highest BCUT2D eigenvalue weighted by Crippen LogP contribution is 2.81. The normalized spacial score (nSPS) is 50.3. The number of phenolic OH excluding ortho intramolecular Hbond substituents is 2. The fourth-order valence-electron chi connectivity index (χ4n) is 18.3. The highest BCUT2D eigenvalue weighted by molar-refractivity contribution is 5.96. The van der Waals surface area contributed by atoms with Gasteiger partial charge in [-0.05, 0) is 127 Å². The quantitative estimate of drug-likeness (QED) is 0.119. The Morgan fingerprint density at radius 3 is 2.45 bits per heavy atom. The number of carbonyl (C=O) groups excluding carboxylic acids is 1. The van der Waals surface area contributed by atoms with E-state index < -0.39 is 80.6 Å². The largest absolute Gasteiger partial charge is 0.508 e. The zero-order chi connectivity index (χ0) is 46.5. The minimum Gasteiger partial charge on any atom is -0.508 e. The van der Waals surface area contributed by atoms with Gasteiger partial charge in [0.05, 0.1) is 29.5 Å². The van der Waals surface area contributed by atoms with E-state index in [9.17, 15) is 46.0 Å². The minimum absolute atomic E-state index is 0.0472. The molecular formula is C52H75NO12. The van der Waals surface area contributed by atoms with Crippen molar-refractivity contribution in [2.75, 3.05) is 39.5 Å². The van der Waals surface area contributed by atoms with E-state index in [0.717, 1.165) is 25.0 Å². The summed E-state index contributed by atoms with van der Waals surface area (Å²) in [5.41, 5.74) is -7.16. The van der Waals surface area contributed by atoms with Crippen molar-refractivity contribution in [1.82, 2.24) is 5.32 Å². The minimum atomic E-state index is -1.82. The molecule has 18 atom stereocenters. The monoisotopic (exact) mass is 906 g/mol. The molecule has 11 rings (SSSR count). The molecule has 5 saturated carbocycles. The van der Waals surface area contributed by atoms with Crippen LogP contribution in [0.4, 0.5) is 0 Å². The number of likely N-dealkylation sites (N-methyl/N-ethyl adjacent to an activating group) is 1. The molecule has 2 spiro atoms. The third-order valence-electron chi connectivity index (χ3n) is 20.8. The smallest absolute Gasteiger partial charge is 0.160 e. The number of hydrogen-bond acceptors (Lipinski definition) is 13. The standard InChI is InChI=1S/C52H75NO12/c1-6-53-25-29-22-45(3)13-11-34(29)52(44(60)28(45)2)50(62,15-17-55)43-38(65-52)23-51(63)35-21-37(59)41-40-33-19-31(57)20-36(58)32(33)10-14-49(40,61)39(64-18-8-16-54)24-46(41,4)42(35)48(27-47(43,51)5)12-7-9-30(48)26-56/h19-22,28,30,34,38-44,53-58,60-63H,6-18,23-27H2,1-5H3/t28-,30-,34+,38+,39+,40-,41-,42+,43+,44+,45-,46+,47-,48+,49+,50-,51-,52+/m1/s1. The number of benzene rings is 1. The number of aliphatic hydroxyl groups excluding tert-OH is 4. The molecule has 6 fully saturated rings. The summed E-state index contributed by atoms with van der Waals surface area (Å²) in [6.45, 7) is 11.2. The molecule has 360 valence electrons. The predicted octanol–water partition coefficient (Wildman–Crippen LogP) is 3.93. The van der Waals surface area contributed by atoms with Gasteiger partial charge in [-0.25, -0.2) is 0 Å². The lowest BCUT2D eigenvalue weighted by atomic mass is 9.35. The first-order valence-corrected chi connectivity index (χ1v) is 25.0. The van der Waals surface area contributed by atoms with E-state index in [1.165, 1.54) is 6.07 Å². The van der Waals surface area contributed by atoms with E-state index in [-0.39, 0.29) is 92.6 Å². The molecule has 1 aromatic carbocycles. The molecule has 10 N–H and O–H groups in total. The van der Waals surface area contributed by atoms with Crippen LogP contribution in [-0.4, -0.2) is 132 Å². The van der Waals surface area contributed by atoms with Crippen molar-refractivity contribution in [3.05, 3.63) is 46.6 Å². The molecule has 65 heavy (non-hydrogen) atoms. The highest BCUT2D eigenvalue weighted by atomic mass is 16.6. The van der Waals surface area contributed by atoms with Crippen LogP contribution in [0, 0.1) is 57.2 Å². The van der Waals surface area contributed by atoms with Crippen LogP contribution >= 0.6 is 0 Å². The summed E-state index contributed by atoms with van der Waals surface area (Å²) in [7, 11) is 0. The molecule has 9 aliphatic carbocycles. The predicted molar refractivity (Wildman–Crippen MR) is 240 cm³/mol. The van der Waals surface area contributed by atoms with Crippen molar-refractivity contribution in [2.45, 2.75) is 158 Å². The summed E-state index contributed by atoms with van der Waals surface area (Å²) in [4.78, 5) is 15.6. The second kappa shape index (κ2) is 15.3. The van der Waals surface area contributed by atoms with Gasteiger partial charge in [0, 0.05) is 81.0 Å². The Balaban J connectivity index is 1.17. The second-order valence-electron chi connectivity index (χ2n) is 23.4. The van der Waals surface area contributed by atoms with Crippen molar-refractivity contribution in [3.63, 3.8) is 0 Å². The number of ketones is 1. The molecule has 0 unspecified atom stereocenters. The van der Waals surface area contributed by atoms with E-state index >= 15 is 4.79 Å². The number of ether oxygens (including phenoxy) is 2. The van der Waals surface area contributed by atoms with E-state index in [1.807, 2.05) is 13.8 Å². The first kappa shape index (κ1) is 46.3. The first-order valence-electron chi connectivity index (χ1n) is 25.0. The fraction of sp³-hybridized carbons (Fsp3) is 0.788. The number of rotatable bonds is 10. The van der Waals surface area contributed by atoms with Crippen molar-refractivity contribution in [1.29, 1.82) is 0 Å². The Morgan fingerprint density at radius 1 is 0.969 bits per heavy atom. The zero-order valence-electron chi connectivity index (χ0n) is 39.1. The molecule has 1 saturated heterocycles. The summed E-state index contributed by atoms with van der Waals surface area (Å²) in [6, 6.07) is 2.85. The van der Waals surface area contributed by atoms with Crippen LogP contribution in [0.3, 0.4) is 0 Å². The van der Waals surface area contributed by atoms with Gasteiger partial charge in [0.15, 0.2) is 5.78 Å². The lowest BCUT2D eigenvalue weighted by molar-refractivity contribution is -0.258. The molecule has 13 heteroatoms. The third-order valence-corrected chi connectivity index (χ3v) is 20.8. The van der Waals surface area contributed by atoms with E-state index in [4.69, 9.17) is 9.47 Å². The second-order valence-corrected chi connectivity index (χ2v) is 23.4. The van der Waals surface area contributed by atoms with Crippen LogP contribution in [0.2, 0.25) is 0 Å². The number of fused-ring (bicyclic) bond motifs is 14. The van der Waals surface area contributed by atoms with Gasteiger partial charge >= 0.3 is 0 Å². The van der Waals surface area contributed by atoms with Crippen LogP contribution in [0.25, 0.3) is 0 Å². The number of aromatic hydroxyl groups is 2. The molecule has 0 radical (unpaired) electrons.